The number of aryl methyl sites for hydroxylation is 2. The fourth-order valence-electron chi connectivity index (χ4n) is 4.60. The Balaban J connectivity index is 0.000000219. The molecule has 11 heteroatoms. The van der Waals surface area contributed by atoms with Crippen LogP contribution in [0.3, 0.4) is 0 Å². The number of rotatable bonds is 5. The summed E-state index contributed by atoms with van der Waals surface area (Å²) in [5.74, 6) is 1.59. The zero-order chi connectivity index (χ0) is 26.9. The van der Waals surface area contributed by atoms with Crippen LogP contribution in [0.5, 0.6) is 0 Å². The van der Waals surface area contributed by atoms with Gasteiger partial charge in [0.2, 0.25) is 5.95 Å². The molecule has 0 saturated carbocycles. The first kappa shape index (κ1) is 28.2. The molecule has 0 amide bonds. The van der Waals surface area contributed by atoms with Gasteiger partial charge in [0, 0.05) is 50.3 Å². The molecule has 0 aliphatic carbocycles. The number of anilines is 5. The first-order valence-corrected chi connectivity index (χ1v) is 14.8. The fourth-order valence-corrected chi connectivity index (χ4v) is 5.83. The van der Waals surface area contributed by atoms with E-state index in [-0.39, 0.29) is 0 Å². The highest BCUT2D eigenvalue weighted by atomic mass is 35.5. The molecule has 5 rings (SSSR count). The van der Waals surface area contributed by atoms with Gasteiger partial charge in [0.1, 0.15) is 19.6 Å². The molecule has 2 aliphatic rings. The van der Waals surface area contributed by atoms with E-state index >= 15 is 0 Å². The summed E-state index contributed by atoms with van der Waals surface area (Å²) in [6.45, 7) is 3.95. The van der Waals surface area contributed by atoms with E-state index in [1.165, 1.54) is 5.56 Å². The molecular formula is C27H35ClN7O2P. The highest BCUT2D eigenvalue weighted by Gasteiger charge is 2.22. The van der Waals surface area contributed by atoms with E-state index in [1.807, 2.05) is 26.2 Å². The van der Waals surface area contributed by atoms with Crippen molar-refractivity contribution in [3.8, 4) is 0 Å². The Morgan fingerprint density at radius 3 is 2.71 bits per heavy atom. The summed E-state index contributed by atoms with van der Waals surface area (Å²) in [6, 6.07) is 8.24. The van der Waals surface area contributed by atoms with Gasteiger partial charge in [-0.25, -0.2) is 4.98 Å². The smallest absolute Gasteiger partial charge is 0.229 e. The van der Waals surface area contributed by atoms with Crippen molar-refractivity contribution in [2.75, 3.05) is 42.2 Å². The van der Waals surface area contributed by atoms with Gasteiger partial charge in [-0.15, -0.1) is 0 Å². The van der Waals surface area contributed by atoms with E-state index in [1.54, 1.807) is 12.4 Å². The SMILES string of the molecule is CCP(O)N1CCC(CC=O)CC1.CNc1ccc2cc1CCc1cncc(c1)Nc1ncc(Cl)c(n1)N2. The second kappa shape index (κ2) is 13.8. The molecule has 4 N–H and O–H groups in total. The van der Waals surface area contributed by atoms with Gasteiger partial charge >= 0.3 is 0 Å². The van der Waals surface area contributed by atoms with Crippen LogP contribution in [0.2, 0.25) is 5.02 Å². The molecule has 1 aromatic carbocycles. The fraction of sp³-hybridized carbons (Fsp3) is 0.407. The van der Waals surface area contributed by atoms with Crippen molar-refractivity contribution in [2.45, 2.75) is 39.0 Å². The summed E-state index contributed by atoms with van der Waals surface area (Å²) < 4.78 is 2.16. The molecule has 38 heavy (non-hydrogen) atoms. The number of nitrogens with zero attached hydrogens (tertiary/aromatic N) is 4. The minimum Gasteiger partial charge on any atom is -0.388 e. The van der Waals surface area contributed by atoms with Crippen molar-refractivity contribution in [3.63, 3.8) is 0 Å². The second-order valence-corrected chi connectivity index (χ2v) is 11.7. The third kappa shape index (κ3) is 7.60. The average Bonchev–Trinajstić information content (AvgIpc) is 2.94. The monoisotopic (exact) mass is 555 g/mol. The van der Waals surface area contributed by atoms with Gasteiger partial charge in [-0.2, -0.15) is 4.98 Å². The van der Waals surface area contributed by atoms with E-state index in [9.17, 15) is 9.69 Å². The predicted octanol–water partition coefficient (Wildman–Crippen LogP) is 5.76. The molecule has 1 saturated heterocycles. The van der Waals surface area contributed by atoms with Crippen LogP contribution < -0.4 is 16.0 Å². The van der Waals surface area contributed by atoms with Crippen LogP contribution in [-0.4, -0.2) is 57.1 Å². The topological polar surface area (TPSA) is 115 Å². The third-order valence-electron chi connectivity index (χ3n) is 6.75. The highest BCUT2D eigenvalue weighted by Crippen LogP contribution is 2.38. The van der Waals surface area contributed by atoms with Crippen LogP contribution in [0.4, 0.5) is 28.8 Å². The Morgan fingerprint density at radius 1 is 1.16 bits per heavy atom. The summed E-state index contributed by atoms with van der Waals surface area (Å²) in [5, 5.41) is 10.2. The molecule has 6 bridgehead atoms. The van der Waals surface area contributed by atoms with E-state index < -0.39 is 8.30 Å². The maximum Gasteiger partial charge on any atom is 0.229 e. The Bertz CT molecular complexity index is 1220. The van der Waals surface area contributed by atoms with Crippen molar-refractivity contribution in [2.24, 2.45) is 5.92 Å². The molecule has 0 radical (unpaired) electrons. The van der Waals surface area contributed by atoms with Gasteiger partial charge in [0.15, 0.2) is 5.82 Å². The van der Waals surface area contributed by atoms with Crippen molar-refractivity contribution in [1.82, 2.24) is 19.6 Å². The largest absolute Gasteiger partial charge is 0.388 e. The lowest BCUT2D eigenvalue weighted by Gasteiger charge is -2.33. The second-order valence-electron chi connectivity index (χ2n) is 9.33. The number of halogens is 1. The maximum absolute atomic E-state index is 10.3. The molecule has 202 valence electrons. The summed E-state index contributed by atoms with van der Waals surface area (Å²) in [7, 11) is 1.05. The van der Waals surface area contributed by atoms with E-state index in [0.29, 0.717) is 29.1 Å². The predicted molar refractivity (Wildman–Crippen MR) is 156 cm³/mol. The molecular weight excluding hydrogens is 521 g/mol. The van der Waals surface area contributed by atoms with Crippen molar-refractivity contribution in [1.29, 1.82) is 0 Å². The zero-order valence-electron chi connectivity index (χ0n) is 21.8. The van der Waals surface area contributed by atoms with Crippen LogP contribution in [0.25, 0.3) is 0 Å². The number of carbonyl (C=O) groups excluding carboxylic acids is 1. The number of hydrogen-bond acceptors (Lipinski definition) is 9. The average molecular weight is 556 g/mol. The van der Waals surface area contributed by atoms with Crippen LogP contribution in [0.1, 0.15) is 37.3 Å². The summed E-state index contributed by atoms with van der Waals surface area (Å²) in [6.07, 6.45) is 11.7. The molecule has 2 aliphatic heterocycles. The number of piperidine rings is 1. The van der Waals surface area contributed by atoms with Gasteiger partial charge in [-0.05, 0) is 67.0 Å². The van der Waals surface area contributed by atoms with E-state index in [4.69, 9.17) is 11.6 Å². The van der Waals surface area contributed by atoms with Crippen molar-refractivity contribution >= 4 is 55.0 Å². The van der Waals surface area contributed by atoms with Crippen LogP contribution in [0, 0.1) is 5.92 Å². The minimum absolute atomic E-state index is 0.464. The minimum atomic E-state index is -0.880. The summed E-state index contributed by atoms with van der Waals surface area (Å²) in [4.78, 5) is 32.9. The first-order valence-electron chi connectivity index (χ1n) is 12.9. The third-order valence-corrected chi connectivity index (χ3v) is 8.64. The van der Waals surface area contributed by atoms with Crippen molar-refractivity contribution in [3.05, 3.63) is 59.0 Å². The van der Waals surface area contributed by atoms with Crippen LogP contribution in [-0.2, 0) is 17.6 Å². The Kier molecular flexibility index (Phi) is 10.2. The number of pyridine rings is 1. The zero-order valence-corrected chi connectivity index (χ0v) is 23.5. The standard InChI is InChI=1S/C18H17ClN6.C9H18NO2P/c1-20-16-5-4-13-7-12(16)3-2-11-6-14(9-21-8-11)24-18-22-10-15(19)17(23-13)25-18;1-2-13(12)10-6-3-9(4-7-10)5-8-11/h4-10,20H,2-3H2,1H3,(H2,22,23,24,25);8-9,12H,2-7H2,1H3. The van der Waals surface area contributed by atoms with Gasteiger partial charge in [0.05, 0.1) is 18.1 Å². The lowest BCUT2D eigenvalue weighted by atomic mass is 9.95. The lowest BCUT2D eigenvalue weighted by molar-refractivity contribution is -0.108. The summed E-state index contributed by atoms with van der Waals surface area (Å²) in [5.41, 5.74) is 5.27. The number of hydrogen-bond donors (Lipinski definition) is 4. The molecule has 0 spiro atoms. The molecule has 1 unspecified atom stereocenters. The van der Waals surface area contributed by atoms with Crippen molar-refractivity contribution < 1.29 is 9.69 Å². The van der Waals surface area contributed by atoms with Crippen LogP contribution in [0.15, 0.2) is 42.9 Å². The Morgan fingerprint density at radius 2 is 1.97 bits per heavy atom. The van der Waals surface area contributed by atoms with Gasteiger partial charge in [0.25, 0.3) is 0 Å². The lowest BCUT2D eigenvalue weighted by Crippen LogP contribution is -2.30. The molecule has 9 nitrogen and oxygen atoms in total. The van der Waals surface area contributed by atoms with E-state index in [0.717, 1.165) is 73.8 Å². The Labute approximate surface area is 230 Å². The summed E-state index contributed by atoms with van der Waals surface area (Å²) >= 11 is 6.25. The van der Waals surface area contributed by atoms with Crippen LogP contribution >= 0.6 is 19.9 Å². The number of nitrogens with one attached hydrogen (secondary N) is 3. The molecule has 1 atom stereocenters. The Hall–Kier alpha value is -2.84. The number of aldehydes is 1. The normalized spacial score (nSPS) is 16.2. The first-order chi connectivity index (χ1) is 18.5. The molecule has 4 heterocycles. The molecule has 1 fully saturated rings. The van der Waals surface area contributed by atoms with Gasteiger partial charge < -0.3 is 25.6 Å². The highest BCUT2D eigenvalue weighted by molar-refractivity contribution is 7.48. The maximum atomic E-state index is 10.3. The number of fused-ring (bicyclic) bond motifs is 6. The molecule has 3 aromatic rings. The quantitative estimate of drug-likeness (QED) is 0.230. The molecule has 2 aromatic heterocycles. The number of carbonyl (C=O) groups is 1. The van der Waals surface area contributed by atoms with Gasteiger partial charge in [-0.3, -0.25) is 9.65 Å². The number of aromatic nitrogens is 3. The van der Waals surface area contributed by atoms with Gasteiger partial charge in [-0.1, -0.05) is 18.5 Å². The van der Waals surface area contributed by atoms with E-state index in [2.05, 4.69) is 53.8 Å². The number of benzene rings is 1.